The first kappa shape index (κ1) is 17.2. The second-order valence-electron chi connectivity index (χ2n) is 5.92. The lowest BCUT2D eigenvalue weighted by Crippen LogP contribution is -2.46. The molecule has 0 saturated carbocycles. The molecule has 3 rings (SSSR count). The molecule has 0 N–H and O–H groups in total. The summed E-state index contributed by atoms with van der Waals surface area (Å²) >= 11 is 0. The standard InChI is InChI=1S/C21H24N2O2/c1-24-20-9-11-21(12-10-20)25-18-6-5-13-22-14-16-23(17-15-22)19-7-3-2-4-8-19/h2-4,7-12H,13-18H2,1H3. The molecule has 1 aliphatic rings. The zero-order chi connectivity index (χ0) is 17.3. The van der Waals surface area contributed by atoms with Gasteiger partial charge in [0.1, 0.15) is 18.1 Å². The number of ether oxygens (including phenoxy) is 2. The Labute approximate surface area is 150 Å². The van der Waals surface area contributed by atoms with Crippen LogP contribution in [0.25, 0.3) is 0 Å². The van der Waals surface area contributed by atoms with Crippen LogP contribution in [-0.2, 0) is 0 Å². The molecule has 2 aromatic rings. The van der Waals surface area contributed by atoms with Gasteiger partial charge in [-0.05, 0) is 36.4 Å². The molecule has 130 valence electrons. The van der Waals surface area contributed by atoms with Crippen molar-refractivity contribution in [3.05, 3.63) is 54.6 Å². The Kier molecular flexibility index (Phi) is 6.19. The van der Waals surface area contributed by atoms with Crippen LogP contribution in [0, 0.1) is 11.8 Å². The minimum atomic E-state index is 0.413. The molecule has 0 spiro atoms. The van der Waals surface area contributed by atoms with Gasteiger partial charge in [0, 0.05) is 31.9 Å². The smallest absolute Gasteiger partial charge is 0.149 e. The topological polar surface area (TPSA) is 24.9 Å². The first-order valence-corrected chi connectivity index (χ1v) is 8.60. The fraction of sp³-hybridized carbons (Fsp3) is 0.333. The molecule has 1 saturated heterocycles. The summed E-state index contributed by atoms with van der Waals surface area (Å²) in [5, 5.41) is 0. The van der Waals surface area contributed by atoms with Gasteiger partial charge in [-0.25, -0.2) is 0 Å². The van der Waals surface area contributed by atoms with Crippen LogP contribution in [0.5, 0.6) is 11.5 Å². The van der Waals surface area contributed by atoms with E-state index in [4.69, 9.17) is 9.47 Å². The van der Waals surface area contributed by atoms with E-state index in [1.54, 1.807) is 7.11 Å². The summed E-state index contributed by atoms with van der Waals surface area (Å²) < 4.78 is 10.7. The molecule has 1 fully saturated rings. The molecule has 4 nitrogen and oxygen atoms in total. The third kappa shape index (κ3) is 5.17. The number of hydrogen-bond donors (Lipinski definition) is 0. The van der Waals surface area contributed by atoms with Crippen molar-refractivity contribution in [3.63, 3.8) is 0 Å². The number of piperazine rings is 1. The average molecular weight is 336 g/mol. The van der Waals surface area contributed by atoms with E-state index in [9.17, 15) is 0 Å². The number of anilines is 1. The van der Waals surface area contributed by atoms with Crippen molar-refractivity contribution in [2.45, 2.75) is 0 Å². The van der Waals surface area contributed by atoms with Gasteiger partial charge >= 0.3 is 0 Å². The quantitative estimate of drug-likeness (QED) is 0.784. The van der Waals surface area contributed by atoms with Gasteiger partial charge in [0.25, 0.3) is 0 Å². The number of benzene rings is 2. The Morgan fingerprint density at radius 1 is 0.840 bits per heavy atom. The Bertz CT molecular complexity index is 696. The van der Waals surface area contributed by atoms with Crippen LogP contribution in [0.4, 0.5) is 5.69 Å². The Morgan fingerprint density at radius 3 is 2.20 bits per heavy atom. The van der Waals surface area contributed by atoms with Crippen molar-refractivity contribution in [2.24, 2.45) is 0 Å². The Hall–Kier alpha value is -2.64. The Balaban J connectivity index is 1.36. The number of methoxy groups -OCH3 is 1. The number of rotatable bonds is 5. The zero-order valence-corrected chi connectivity index (χ0v) is 14.6. The van der Waals surface area contributed by atoms with E-state index in [0.29, 0.717) is 6.61 Å². The van der Waals surface area contributed by atoms with Crippen molar-refractivity contribution < 1.29 is 9.47 Å². The maximum absolute atomic E-state index is 5.61. The predicted molar refractivity (Wildman–Crippen MR) is 101 cm³/mol. The first-order valence-electron chi connectivity index (χ1n) is 8.60. The molecular weight excluding hydrogens is 312 g/mol. The number of nitrogens with zero attached hydrogens (tertiary/aromatic N) is 2. The van der Waals surface area contributed by atoms with E-state index in [2.05, 4.69) is 52.0 Å². The van der Waals surface area contributed by atoms with Gasteiger partial charge in [-0.15, -0.1) is 0 Å². The monoisotopic (exact) mass is 336 g/mol. The molecule has 0 atom stereocenters. The normalized spacial score (nSPS) is 14.5. The minimum absolute atomic E-state index is 0.413. The van der Waals surface area contributed by atoms with Gasteiger partial charge < -0.3 is 14.4 Å². The molecule has 1 heterocycles. The summed E-state index contributed by atoms with van der Waals surface area (Å²) in [5.41, 5.74) is 1.31. The average Bonchev–Trinajstić information content (AvgIpc) is 2.69. The third-order valence-corrected chi connectivity index (χ3v) is 4.29. The van der Waals surface area contributed by atoms with Crippen molar-refractivity contribution in [1.82, 2.24) is 4.90 Å². The van der Waals surface area contributed by atoms with Crippen LogP contribution < -0.4 is 14.4 Å². The first-order chi connectivity index (χ1) is 12.3. The molecule has 1 aliphatic heterocycles. The van der Waals surface area contributed by atoms with E-state index in [1.807, 2.05) is 24.3 Å². The van der Waals surface area contributed by atoms with Crippen molar-refractivity contribution in [1.29, 1.82) is 0 Å². The number of hydrogen-bond acceptors (Lipinski definition) is 4. The lowest BCUT2D eigenvalue weighted by Gasteiger charge is -2.35. The van der Waals surface area contributed by atoms with Gasteiger partial charge in [-0.2, -0.15) is 0 Å². The summed E-state index contributed by atoms with van der Waals surface area (Å²) in [5.74, 6) is 7.94. The molecule has 0 radical (unpaired) electrons. The van der Waals surface area contributed by atoms with Crippen molar-refractivity contribution in [2.75, 3.05) is 51.3 Å². The molecule has 0 amide bonds. The molecule has 0 bridgehead atoms. The van der Waals surface area contributed by atoms with E-state index < -0.39 is 0 Å². The fourth-order valence-electron chi connectivity index (χ4n) is 2.81. The molecular formula is C21H24N2O2. The largest absolute Gasteiger partial charge is 0.497 e. The van der Waals surface area contributed by atoms with E-state index in [-0.39, 0.29) is 0 Å². The van der Waals surface area contributed by atoms with Crippen molar-refractivity contribution >= 4 is 5.69 Å². The predicted octanol–water partition coefficient (Wildman–Crippen LogP) is 2.90. The zero-order valence-electron chi connectivity index (χ0n) is 14.6. The second kappa shape index (κ2) is 9.00. The molecule has 2 aromatic carbocycles. The Morgan fingerprint density at radius 2 is 1.52 bits per heavy atom. The molecule has 0 aromatic heterocycles. The minimum Gasteiger partial charge on any atom is -0.497 e. The highest BCUT2D eigenvalue weighted by Crippen LogP contribution is 2.17. The molecule has 4 heteroatoms. The van der Waals surface area contributed by atoms with Crippen LogP contribution in [0.3, 0.4) is 0 Å². The molecule has 0 unspecified atom stereocenters. The lowest BCUT2D eigenvalue weighted by molar-refractivity contribution is 0.287. The van der Waals surface area contributed by atoms with Crippen LogP contribution in [0.1, 0.15) is 0 Å². The molecule has 25 heavy (non-hydrogen) atoms. The van der Waals surface area contributed by atoms with Crippen LogP contribution in [0.2, 0.25) is 0 Å². The second-order valence-corrected chi connectivity index (χ2v) is 5.92. The summed E-state index contributed by atoms with van der Waals surface area (Å²) in [6, 6.07) is 18.1. The lowest BCUT2D eigenvalue weighted by atomic mass is 10.2. The third-order valence-electron chi connectivity index (χ3n) is 4.29. The summed E-state index contributed by atoms with van der Waals surface area (Å²) in [6.07, 6.45) is 0. The highest BCUT2D eigenvalue weighted by atomic mass is 16.5. The van der Waals surface area contributed by atoms with Crippen LogP contribution >= 0.6 is 0 Å². The maximum atomic E-state index is 5.61. The van der Waals surface area contributed by atoms with Gasteiger partial charge in [0.15, 0.2) is 0 Å². The van der Waals surface area contributed by atoms with E-state index in [1.165, 1.54) is 5.69 Å². The highest BCUT2D eigenvalue weighted by molar-refractivity contribution is 5.46. The van der Waals surface area contributed by atoms with Gasteiger partial charge in [-0.3, -0.25) is 4.90 Å². The SMILES string of the molecule is COc1ccc(OCC#CCN2CCN(c3ccccc3)CC2)cc1. The van der Waals surface area contributed by atoms with Gasteiger partial charge in [0.05, 0.1) is 13.7 Å². The molecule has 0 aliphatic carbocycles. The van der Waals surface area contributed by atoms with Gasteiger partial charge in [0.2, 0.25) is 0 Å². The van der Waals surface area contributed by atoms with Gasteiger partial charge in [-0.1, -0.05) is 30.0 Å². The summed E-state index contributed by atoms with van der Waals surface area (Å²) in [6.45, 7) is 5.40. The fourth-order valence-corrected chi connectivity index (χ4v) is 2.81. The van der Waals surface area contributed by atoms with E-state index in [0.717, 1.165) is 44.2 Å². The van der Waals surface area contributed by atoms with Crippen LogP contribution in [-0.4, -0.2) is 51.3 Å². The van der Waals surface area contributed by atoms with E-state index >= 15 is 0 Å². The summed E-state index contributed by atoms with van der Waals surface area (Å²) in [7, 11) is 1.65. The highest BCUT2D eigenvalue weighted by Gasteiger charge is 2.15. The number of para-hydroxylation sites is 1. The van der Waals surface area contributed by atoms with Crippen LogP contribution in [0.15, 0.2) is 54.6 Å². The maximum Gasteiger partial charge on any atom is 0.149 e. The van der Waals surface area contributed by atoms with Crippen molar-refractivity contribution in [3.8, 4) is 23.3 Å². The summed E-state index contributed by atoms with van der Waals surface area (Å²) in [4.78, 5) is 4.82.